The second-order valence-corrected chi connectivity index (χ2v) is 11.6. The van der Waals surface area contributed by atoms with Gasteiger partial charge in [-0.3, -0.25) is 9.78 Å². The van der Waals surface area contributed by atoms with Gasteiger partial charge in [0.25, 0.3) is 0 Å². The van der Waals surface area contributed by atoms with Crippen LogP contribution < -0.4 is 15.4 Å². The molecule has 2 N–H and O–H groups in total. The lowest BCUT2D eigenvalue weighted by molar-refractivity contribution is -0.126. The number of benzene rings is 2. The SMILES string of the molecule is CCOc1ccc(S(=O)(=O)N2CCC[C@@H](C(=O)NCCCNc3ccnc4cc(Cl)ccc34)C2)cc1Cl. The maximum absolute atomic E-state index is 13.2. The summed E-state index contributed by atoms with van der Waals surface area (Å²) in [6.07, 6.45) is 3.70. The number of fused-ring (bicyclic) bond motifs is 1. The minimum absolute atomic E-state index is 0.0963. The van der Waals surface area contributed by atoms with Crippen LogP contribution in [0.5, 0.6) is 5.75 Å². The number of amides is 1. The summed E-state index contributed by atoms with van der Waals surface area (Å²) < 4.78 is 33.2. The number of rotatable bonds is 10. The van der Waals surface area contributed by atoms with E-state index in [1.807, 2.05) is 31.2 Å². The maximum atomic E-state index is 13.2. The highest BCUT2D eigenvalue weighted by atomic mass is 35.5. The van der Waals surface area contributed by atoms with E-state index in [1.54, 1.807) is 12.3 Å². The van der Waals surface area contributed by atoms with Gasteiger partial charge in [0.2, 0.25) is 15.9 Å². The Morgan fingerprint density at radius 3 is 2.78 bits per heavy atom. The molecular weight excluding hydrogens is 535 g/mol. The first-order chi connectivity index (χ1) is 17.8. The number of piperidine rings is 1. The standard InChI is InChI=1S/C26H30Cl2N4O4S/c1-2-36-25-9-7-20(16-22(25)28)37(34,35)32-14-3-5-18(17-32)26(33)31-12-4-11-29-23-10-13-30-24-15-19(27)6-8-21(23)24/h6-10,13,15-16,18H,2-5,11-12,14,17H2,1H3,(H,29,30)(H,31,33)/t18-/m1/s1. The molecule has 0 aliphatic carbocycles. The van der Waals surface area contributed by atoms with Crippen molar-refractivity contribution < 1.29 is 17.9 Å². The van der Waals surface area contributed by atoms with E-state index < -0.39 is 15.9 Å². The Bertz CT molecular complexity index is 1370. The average Bonchev–Trinajstić information content (AvgIpc) is 2.89. The zero-order chi connectivity index (χ0) is 26.4. The van der Waals surface area contributed by atoms with Crippen molar-refractivity contribution in [3.05, 3.63) is 58.7 Å². The van der Waals surface area contributed by atoms with Crippen LogP contribution in [-0.2, 0) is 14.8 Å². The number of ether oxygens (including phenoxy) is 1. The Hall–Kier alpha value is -2.59. The van der Waals surface area contributed by atoms with Crippen LogP contribution in [0, 0.1) is 5.92 Å². The smallest absolute Gasteiger partial charge is 0.243 e. The van der Waals surface area contributed by atoms with Crippen molar-refractivity contribution >= 4 is 55.7 Å². The number of aromatic nitrogens is 1. The fraction of sp³-hybridized carbons (Fsp3) is 0.385. The van der Waals surface area contributed by atoms with Gasteiger partial charge in [0, 0.05) is 48.5 Å². The molecule has 1 aliphatic rings. The molecule has 1 saturated heterocycles. The summed E-state index contributed by atoms with van der Waals surface area (Å²) in [6.45, 7) is 3.91. The van der Waals surface area contributed by atoms with E-state index in [4.69, 9.17) is 27.9 Å². The molecule has 11 heteroatoms. The molecule has 0 spiro atoms. The third-order valence-electron chi connectivity index (χ3n) is 6.27. The zero-order valence-electron chi connectivity index (χ0n) is 20.5. The van der Waals surface area contributed by atoms with Crippen LogP contribution in [0.3, 0.4) is 0 Å². The summed E-state index contributed by atoms with van der Waals surface area (Å²) >= 11 is 12.3. The van der Waals surface area contributed by atoms with E-state index in [2.05, 4.69) is 15.6 Å². The highest BCUT2D eigenvalue weighted by molar-refractivity contribution is 7.89. The molecule has 0 saturated carbocycles. The largest absolute Gasteiger partial charge is 0.492 e. The highest BCUT2D eigenvalue weighted by Gasteiger charge is 2.33. The van der Waals surface area contributed by atoms with E-state index in [0.717, 1.165) is 16.6 Å². The second-order valence-electron chi connectivity index (χ2n) is 8.82. The van der Waals surface area contributed by atoms with Crippen LogP contribution in [0.4, 0.5) is 5.69 Å². The second kappa shape index (κ2) is 12.3. The fourth-order valence-electron chi connectivity index (χ4n) is 4.38. The average molecular weight is 566 g/mol. The summed E-state index contributed by atoms with van der Waals surface area (Å²) in [4.78, 5) is 17.2. The van der Waals surface area contributed by atoms with Crippen molar-refractivity contribution in [2.75, 3.05) is 38.1 Å². The van der Waals surface area contributed by atoms with Gasteiger partial charge in [-0.15, -0.1) is 0 Å². The first-order valence-corrected chi connectivity index (χ1v) is 14.5. The number of anilines is 1. The van der Waals surface area contributed by atoms with Crippen molar-refractivity contribution in [1.29, 1.82) is 0 Å². The first-order valence-electron chi connectivity index (χ1n) is 12.3. The normalized spacial score (nSPS) is 16.5. The zero-order valence-corrected chi connectivity index (χ0v) is 22.9. The molecule has 0 radical (unpaired) electrons. The van der Waals surface area contributed by atoms with Crippen molar-refractivity contribution in [3.8, 4) is 5.75 Å². The molecule has 37 heavy (non-hydrogen) atoms. The monoisotopic (exact) mass is 564 g/mol. The van der Waals surface area contributed by atoms with Gasteiger partial charge >= 0.3 is 0 Å². The number of nitrogens with one attached hydrogen (secondary N) is 2. The van der Waals surface area contributed by atoms with Gasteiger partial charge in [-0.1, -0.05) is 23.2 Å². The Labute approximate surface area is 227 Å². The summed E-state index contributed by atoms with van der Waals surface area (Å²) in [5.74, 6) is -0.0906. The lowest BCUT2D eigenvalue weighted by atomic mass is 9.99. The summed E-state index contributed by atoms with van der Waals surface area (Å²) in [7, 11) is -3.77. The predicted molar refractivity (Wildman–Crippen MR) is 147 cm³/mol. The Kier molecular flexibility index (Phi) is 9.13. The molecule has 1 aromatic heterocycles. The van der Waals surface area contributed by atoms with Crippen LogP contribution in [-0.4, -0.2) is 56.4 Å². The molecule has 2 heterocycles. The minimum atomic E-state index is -3.77. The van der Waals surface area contributed by atoms with Crippen molar-refractivity contribution in [2.24, 2.45) is 5.92 Å². The van der Waals surface area contributed by atoms with Crippen LogP contribution in [0.1, 0.15) is 26.2 Å². The van der Waals surface area contributed by atoms with E-state index in [9.17, 15) is 13.2 Å². The van der Waals surface area contributed by atoms with Crippen LogP contribution in [0.2, 0.25) is 10.0 Å². The van der Waals surface area contributed by atoms with Crippen LogP contribution in [0.15, 0.2) is 53.6 Å². The summed E-state index contributed by atoms with van der Waals surface area (Å²) in [6, 6.07) is 11.9. The number of hydrogen-bond donors (Lipinski definition) is 2. The van der Waals surface area contributed by atoms with E-state index in [-0.39, 0.29) is 22.4 Å². The molecule has 198 valence electrons. The number of pyridine rings is 1. The van der Waals surface area contributed by atoms with Gasteiger partial charge in [0.05, 0.1) is 28.0 Å². The third-order valence-corrected chi connectivity index (χ3v) is 8.66. The van der Waals surface area contributed by atoms with Gasteiger partial charge < -0.3 is 15.4 Å². The van der Waals surface area contributed by atoms with Crippen LogP contribution in [0.25, 0.3) is 10.9 Å². The number of hydrogen-bond acceptors (Lipinski definition) is 6. The van der Waals surface area contributed by atoms with Crippen molar-refractivity contribution in [2.45, 2.75) is 31.1 Å². The molecule has 2 aromatic carbocycles. The summed E-state index contributed by atoms with van der Waals surface area (Å²) in [5, 5.41) is 8.20. The Balaban J connectivity index is 1.28. The number of carbonyl (C=O) groups excluding carboxylic acids is 1. The molecule has 0 bridgehead atoms. The van der Waals surface area contributed by atoms with Gasteiger partial charge in [-0.05, 0) is 68.7 Å². The van der Waals surface area contributed by atoms with E-state index >= 15 is 0 Å². The molecule has 3 aromatic rings. The van der Waals surface area contributed by atoms with Gasteiger partial charge in [-0.2, -0.15) is 4.31 Å². The predicted octanol–water partition coefficient (Wildman–Crippen LogP) is 4.96. The number of halogens is 2. The van der Waals surface area contributed by atoms with Crippen molar-refractivity contribution in [3.63, 3.8) is 0 Å². The molecule has 1 aliphatic heterocycles. The Morgan fingerprint density at radius 2 is 2.00 bits per heavy atom. The van der Waals surface area contributed by atoms with Crippen LogP contribution >= 0.6 is 23.2 Å². The van der Waals surface area contributed by atoms with E-state index in [1.165, 1.54) is 16.4 Å². The van der Waals surface area contributed by atoms with Gasteiger partial charge in [-0.25, -0.2) is 8.42 Å². The Morgan fingerprint density at radius 1 is 1.16 bits per heavy atom. The molecule has 1 amide bonds. The van der Waals surface area contributed by atoms with Gasteiger partial charge in [0.15, 0.2) is 0 Å². The maximum Gasteiger partial charge on any atom is 0.243 e. The topological polar surface area (TPSA) is 101 Å². The molecule has 1 fully saturated rings. The number of sulfonamides is 1. The quantitative estimate of drug-likeness (QED) is 0.337. The molecule has 4 rings (SSSR count). The number of nitrogens with zero attached hydrogens (tertiary/aromatic N) is 2. The molecular formula is C26H30Cl2N4O4S. The van der Waals surface area contributed by atoms with Gasteiger partial charge in [0.1, 0.15) is 5.75 Å². The molecule has 1 atom stereocenters. The lowest BCUT2D eigenvalue weighted by Gasteiger charge is -2.31. The molecule has 8 nitrogen and oxygen atoms in total. The lowest BCUT2D eigenvalue weighted by Crippen LogP contribution is -2.45. The minimum Gasteiger partial charge on any atom is -0.492 e. The highest BCUT2D eigenvalue weighted by Crippen LogP contribution is 2.30. The third kappa shape index (κ3) is 6.65. The first kappa shape index (κ1) is 27.4. The number of carbonyl (C=O) groups is 1. The van der Waals surface area contributed by atoms with Crippen molar-refractivity contribution in [1.82, 2.24) is 14.6 Å². The fourth-order valence-corrected chi connectivity index (χ4v) is 6.40. The van der Waals surface area contributed by atoms with E-state index in [0.29, 0.717) is 56.3 Å². The summed E-state index contributed by atoms with van der Waals surface area (Å²) in [5.41, 5.74) is 1.77. The molecule has 0 unspecified atom stereocenters.